The summed E-state index contributed by atoms with van der Waals surface area (Å²) in [5.74, 6) is 5.50. The molecule has 0 amide bonds. The van der Waals surface area contributed by atoms with E-state index in [0.29, 0.717) is 11.0 Å². The summed E-state index contributed by atoms with van der Waals surface area (Å²) in [4.78, 5) is 16.1. The molecule has 0 aliphatic heterocycles. The molecule has 0 unspecified atom stereocenters. The molecular formula is C15H17N5O. The number of hydrogen-bond acceptors (Lipinski definition) is 4. The molecule has 0 aliphatic carbocycles. The Bertz CT molecular complexity index is 816. The van der Waals surface area contributed by atoms with Gasteiger partial charge in [-0.15, -0.1) is 0 Å². The monoisotopic (exact) mass is 283 g/mol. The Balaban J connectivity index is 2.01. The highest BCUT2D eigenvalue weighted by Gasteiger charge is 2.10. The minimum absolute atomic E-state index is 0.300. The zero-order valence-electron chi connectivity index (χ0n) is 11.9. The van der Waals surface area contributed by atoms with E-state index in [9.17, 15) is 4.79 Å². The lowest BCUT2D eigenvalue weighted by Gasteiger charge is -2.05. The molecule has 3 rings (SSSR count). The largest absolute Gasteiger partial charge is 0.335 e. The Labute approximate surface area is 121 Å². The number of fused-ring (bicyclic) bond motifs is 1. The molecule has 0 saturated carbocycles. The summed E-state index contributed by atoms with van der Waals surface area (Å²) in [6, 6.07) is 8.16. The Morgan fingerprint density at radius 1 is 1.24 bits per heavy atom. The molecule has 108 valence electrons. The second-order valence-electron chi connectivity index (χ2n) is 5.02. The summed E-state index contributed by atoms with van der Waals surface area (Å²) < 4.78 is 2.61. The van der Waals surface area contributed by atoms with Crippen molar-refractivity contribution in [2.45, 2.75) is 26.2 Å². The topological polar surface area (TPSA) is 78.7 Å². The molecular weight excluding hydrogens is 266 g/mol. The maximum Gasteiger partial charge on any atom is 0.282 e. The van der Waals surface area contributed by atoms with Crippen LogP contribution in [0.2, 0.25) is 0 Å². The third-order valence-corrected chi connectivity index (χ3v) is 3.51. The van der Waals surface area contributed by atoms with Crippen molar-refractivity contribution in [3.63, 3.8) is 0 Å². The van der Waals surface area contributed by atoms with Gasteiger partial charge in [0.15, 0.2) is 5.65 Å². The Morgan fingerprint density at radius 3 is 2.71 bits per heavy atom. The van der Waals surface area contributed by atoms with Gasteiger partial charge in [-0.3, -0.25) is 4.79 Å². The second kappa shape index (κ2) is 5.40. The Hall–Kier alpha value is -2.63. The predicted octanol–water partition coefficient (Wildman–Crippen LogP) is 1.64. The van der Waals surface area contributed by atoms with E-state index < -0.39 is 0 Å². The molecule has 0 atom stereocenters. The number of nitrogens with zero attached hydrogens (tertiary/aromatic N) is 4. The maximum atomic E-state index is 11.9. The van der Waals surface area contributed by atoms with Crippen LogP contribution in [-0.2, 0) is 6.42 Å². The molecule has 0 bridgehead atoms. The average molecular weight is 283 g/mol. The first-order valence-corrected chi connectivity index (χ1v) is 7.00. The lowest BCUT2D eigenvalue weighted by Crippen LogP contribution is -2.26. The van der Waals surface area contributed by atoms with Gasteiger partial charge in [0.2, 0.25) is 0 Å². The molecule has 2 N–H and O–H groups in total. The van der Waals surface area contributed by atoms with Gasteiger partial charge in [-0.2, -0.15) is 5.10 Å². The SMILES string of the molecule is CCCCc1ccc(-n2ncc3c(=O)n(N)cnc32)cc1. The van der Waals surface area contributed by atoms with Crippen LogP contribution < -0.4 is 11.4 Å². The number of nitrogen functional groups attached to an aromatic ring is 1. The summed E-state index contributed by atoms with van der Waals surface area (Å²) in [6.07, 6.45) is 6.24. The molecule has 0 aliphatic rings. The molecule has 6 heteroatoms. The molecule has 0 saturated heterocycles. The minimum Gasteiger partial charge on any atom is -0.335 e. The summed E-state index contributed by atoms with van der Waals surface area (Å²) >= 11 is 0. The van der Waals surface area contributed by atoms with Crippen LogP contribution in [0.1, 0.15) is 25.3 Å². The van der Waals surface area contributed by atoms with E-state index in [4.69, 9.17) is 5.84 Å². The van der Waals surface area contributed by atoms with Crippen LogP contribution in [-0.4, -0.2) is 19.4 Å². The van der Waals surface area contributed by atoms with Crippen molar-refractivity contribution in [3.8, 4) is 5.69 Å². The van der Waals surface area contributed by atoms with Crippen LogP contribution in [0.4, 0.5) is 0 Å². The van der Waals surface area contributed by atoms with Gasteiger partial charge in [0.1, 0.15) is 11.7 Å². The maximum absolute atomic E-state index is 11.9. The normalized spacial score (nSPS) is 11.1. The smallest absolute Gasteiger partial charge is 0.282 e. The average Bonchev–Trinajstić information content (AvgIpc) is 2.94. The summed E-state index contributed by atoms with van der Waals surface area (Å²) in [6.45, 7) is 2.18. The lowest BCUT2D eigenvalue weighted by atomic mass is 10.1. The lowest BCUT2D eigenvalue weighted by molar-refractivity contribution is 0.794. The fourth-order valence-electron chi connectivity index (χ4n) is 2.30. The number of nitrogens with two attached hydrogens (primary N) is 1. The van der Waals surface area contributed by atoms with Gasteiger partial charge in [0.25, 0.3) is 5.56 Å². The summed E-state index contributed by atoms with van der Waals surface area (Å²) in [5.41, 5.74) is 2.40. The minimum atomic E-state index is -0.300. The van der Waals surface area contributed by atoms with Gasteiger partial charge in [-0.05, 0) is 30.5 Å². The van der Waals surface area contributed by atoms with E-state index in [2.05, 4.69) is 29.1 Å². The molecule has 21 heavy (non-hydrogen) atoms. The van der Waals surface area contributed by atoms with Crippen molar-refractivity contribution in [1.82, 2.24) is 19.4 Å². The quantitative estimate of drug-likeness (QED) is 0.738. The number of aryl methyl sites for hydroxylation is 1. The zero-order chi connectivity index (χ0) is 14.8. The van der Waals surface area contributed by atoms with Crippen LogP contribution in [0.15, 0.2) is 41.6 Å². The predicted molar refractivity (Wildman–Crippen MR) is 81.9 cm³/mol. The number of benzene rings is 1. The van der Waals surface area contributed by atoms with Gasteiger partial charge in [-0.25, -0.2) is 14.3 Å². The van der Waals surface area contributed by atoms with Crippen molar-refractivity contribution < 1.29 is 0 Å². The molecule has 2 heterocycles. The molecule has 1 aromatic carbocycles. The number of hydrogen-bond donors (Lipinski definition) is 1. The third kappa shape index (κ3) is 2.40. The molecule has 6 nitrogen and oxygen atoms in total. The summed E-state index contributed by atoms with van der Waals surface area (Å²) in [7, 11) is 0. The van der Waals surface area contributed by atoms with E-state index in [1.54, 1.807) is 4.68 Å². The van der Waals surface area contributed by atoms with Gasteiger partial charge in [-0.1, -0.05) is 25.5 Å². The first-order valence-electron chi connectivity index (χ1n) is 7.00. The molecule has 0 spiro atoms. The van der Waals surface area contributed by atoms with Gasteiger partial charge in [0, 0.05) is 0 Å². The van der Waals surface area contributed by atoms with Crippen molar-refractivity contribution in [3.05, 3.63) is 52.7 Å². The molecule has 3 aromatic rings. The van der Waals surface area contributed by atoms with E-state index in [0.717, 1.165) is 16.8 Å². The first-order chi connectivity index (χ1) is 10.2. The van der Waals surface area contributed by atoms with E-state index >= 15 is 0 Å². The fourth-order valence-corrected chi connectivity index (χ4v) is 2.30. The second-order valence-corrected chi connectivity index (χ2v) is 5.02. The molecule has 0 radical (unpaired) electrons. The van der Waals surface area contributed by atoms with Gasteiger partial charge in [0.05, 0.1) is 11.9 Å². The zero-order valence-corrected chi connectivity index (χ0v) is 11.9. The third-order valence-electron chi connectivity index (χ3n) is 3.51. The van der Waals surface area contributed by atoms with Crippen LogP contribution in [0.3, 0.4) is 0 Å². The van der Waals surface area contributed by atoms with Crippen molar-refractivity contribution in [2.24, 2.45) is 0 Å². The molecule has 2 aromatic heterocycles. The van der Waals surface area contributed by atoms with Gasteiger partial charge >= 0.3 is 0 Å². The first kappa shape index (κ1) is 13.4. The summed E-state index contributed by atoms with van der Waals surface area (Å²) in [5, 5.41) is 4.66. The van der Waals surface area contributed by atoms with Crippen LogP contribution in [0, 0.1) is 0 Å². The highest BCUT2D eigenvalue weighted by Crippen LogP contribution is 2.15. The highest BCUT2D eigenvalue weighted by atomic mass is 16.1. The van der Waals surface area contributed by atoms with Crippen molar-refractivity contribution in [1.29, 1.82) is 0 Å². The van der Waals surface area contributed by atoms with Crippen LogP contribution in [0.25, 0.3) is 16.7 Å². The molecule has 0 fully saturated rings. The van der Waals surface area contributed by atoms with Crippen LogP contribution in [0.5, 0.6) is 0 Å². The van der Waals surface area contributed by atoms with Crippen LogP contribution >= 0.6 is 0 Å². The number of rotatable bonds is 4. The Kier molecular flexibility index (Phi) is 3.43. The fraction of sp³-hybridized carbons (Fsp3) is 0.267. The van der Waals surface area contributed by atoms with Gasteiger partial charge < -0.3 is 5.84 Å². The van der Waals surface area contributed by atoms with E-state index in [-0.39, 0.29) is 5.56 Å². The number of aromatic nitrogens is 4. The van der Waals surface area contributed by atoms with Crippen molar-refractivity contribution >= 4 is 11.0 Å². The standard InChI is InChI=1S/C15H17N5O/c1-2-3-4-11-5-7-12(8-6-11)20-14-13(9-18-20)15(21)19(16)10-17-14/h5-10H,2-4,16H2,1H3. The highest BCUT2D eigenvalue weighted by molar-refractivity contribution is 5.74. The Morgan fingerprint density at radius 2 is 2.00 bits per heavy atom. The van der Waals surface area contributed by atoms with Crippen molar-refractivity contribution in [2.75, 3.05) is 5.84 Å². The van der Waals surface area contributed by atoms with E-state index in [1.165, 1.54) is 30.9 Å². The number of unbranched alkanes of at least 4 members (excludes halogenated alkanes) is 1. The van der Waals surface area contributed by atoms with E-state index in [1.807, 2.05) is 12.1 Å².